The van der Waals surface area contributed by atoms with E-state index in [0.717, 1.165) is 63.6 Å². The number of benzene rings is 1. The van der Waals surface area contributed by atoms with Crippen LogP contribution in [0.2, 0.25) is 0 Å². The Labute approximate surface area is 196 Å². The van der Waals surface area contributed by atoms with E-state index in [-0.39, 0.29) is 17.6 Å². The van der Waals surface area contributed by atoms with Gasteiger partial charge in [-0.15, -0.1) is 10.2 Å². The molecule has 2 aliphatic carbocycles. The van der Waals surface area contributed by atoms with E-state index in [9.17, 15) is 4.79 Å². The molecule has 1 aromatic carbocycles. The predicted octanol–water partition coefficient (Wildman–Crippen LogP) is 4.56. The number of H-pyrrole nitrogens is 1. The minimum atomic E-state index is -0.306. The van der Waals surface area contributed by atoms with Crippen molar-refractivity contribution in [3.8, 4) is 0 Å². The summed E-state index contributed by atoms with van der Waals surface area (Å²) in [6.45, 7) is 5.16. The molecule has 2 aromatic rings. The summed E-state index contributed by atoms with van der Waals surface area (Å²) >= 11 is 0. The van der Waals surface area contributed by atoms with Gasteiger partial charge >= 0.3 is 0 Å². The van der Waals surface area contributed by atoms with E-state index >= 15 is 0 Å². The SMILES string of the molecule is CCCCC1NC2(CCCC2)C(=O)N1Cc1ccc(C2=CCCC(C)C2c2nn[nH]n2)cc1. The van der Waals surface area contributed by atoms with Gasteiger partial charge in [0.15, 0.2) is 5.82 Å². The highest BCUT2D eigenvalue weighted by Gasteiger charge is 2.51. The van der Waals surface area contributed by atoms with E-state index in [1.165, 1.54) is 16.7 Å². The molecule has 1 amide bonds. The number of tetrazole rings is 1. The Kier molecular flexibility index (Phi) is 6.32. The third-order valence-electron chi connectivity index (χ3n) is 7.95. The van der Waals surface area contributed by atoms with E-state index < -0.39 is 0 Å². The zero-order valence-corrected chi connectivity index (χ0v) is 19.9. The molecule has 1 aliphatic heterocycles. The Morgan fingerprint density at radius 1 is 1.18 bits per heavy atom. The number of aromatic nitrogens is 4. The average molecular weight is 449 g/mol. The molecule has 2 heterocycles. The molecule has 7 nitrogen and oxygen atoms in total. The van der Waals surface area contributed by atoms with Crippen LogP contribution < -0.4 is 5.32 Å². The molecule has 5 rings (SSSR count). The Morgan fingerprint density at radius 2 is 1.97 bits per heavy atom. The van der Waals surface area contributed by atoms with Gasteiger partial charge in [-0.25, -0.2) is 0 Å². The molecular formula is C26H36N6O. The van der Waals surface area contributed by atoms with Gasteiger partial charge in [-0.1, -0.05) is 75.1 Å². The fourth-order valence-electron chi connectivity index (χ4n) is 6.11. The van der Waals surface area contributed by atoms with E-state index in [1.54, 1.807) is 0 Å². The third kappa shape index (κ3) is 4.23. The molecule has 2 N–H and O–H groups in total. The first-order chi connectivity index (χ1) is 16.1. The maximum atomic E-state index is 13.5. The number of carbonyl (C=O) groups is 1. The van der Waals surface area contributed by atoms with Crippen molar-refractivity contribution in [3.05, 3.63) is 47.3 Å². The van der Waals surface area contributed by atoms with Crippen LogP contribution in [0, 0.1) is 5.92 Å². The molecule has 1 saturated carbocycles. The summed E-state index contributed by atoms with van der Waals surface area (Å²) in [5.74, 6) is 1.71. The Bertz CT molecular complexity index is 977. The molecule has 3 aliphatic rings. The summed E-state index contributed by atoms with van der Waals surface area (Å²) in [6, 6.07) is 8.78. The highest BCUT2D eigenvalue weighted by molar-refractivity contribution is 5.89. The first-order valence-electron chi connectivity index (χ1n) is 12.7. The van der Waals surface area contributed by atoms with Gasteiger partial charge < -0.3 is 4.90 Å². The molecule has 0 radical (unpaired) electrons. The minimum absolute atomic E-state index is 0.153. The molecule has 1 spiro atoms. The molecule has 0 bridgehead atoms. The van der Waals surface area contributed by atoms with Crippen LogP contribution >= 0.6 is 0 Å². The van der Waals surface area contributed by atoms with Gasteiger partial charge in [-0.2, -0.15) is 5.21 Å². The van der Waals surface area contributed by atoms with Gasteiger partial charge in [-0.3, -0.25) is 10.1 Å². The van der Waals surface area contributed by atoms with Crippen molar-refractivity contribution in [1.82, 2.24) is 30.8 Å². The lowest BCUT2D eigenvalue weighted by Crippen LogP contribution is -2.44. The molecule has 2 fully saturated rings. The molecule has 3 atom stereocenters. The van der Waals surface area contributed by atoms with Crippen LogP contribution in [0.25, 0.3) is 5.57 Å². The van der Waals surface area contributed by atoms with Gasteiger partial charge in [0.05, 0.1) is 17.6 Å². The van der Waals surface area contributed by atoms with Crippen LogP contribution in [-0.4, -0.2) is 43.1 Å². The topological polar surface area (TPSA) is 86.8 Å². The lowest BCUT2D eigenvalue weighted by atomic mass is 9.76. The molecule has 1 aromatic heterocycles. The second-order valence-electron chi connectivity index (χ2n) is 10.2. The maximum Gasteiger partial charge on any atom is 0.244 e. The number of nitrogens with one attached hydrogen (secondary N) is 2. The smallest absolute Gasteiger partial charge is 0.244 e. The van der Waals surface area contributed by atoms with Crippen LogP contribution in [0.5, 0.6) is 0 Å². The summed E-state index contributed by atoms with van der Waals surface area (Å²) in [5.41, 5.74) is 3.37. The van der Waals surface area contributed by atoms with E-state index in [1.807, 2.05) is 0 Å². The first kappa shape index (κ1) is 22.3. The van der Waals surface area contributed by atoms with Gasteiger partial charge in [0, 0.05) is 6.54 Å². The molecule has 3 unspecified atom stereocenters. The monoisotopic (exact) mass is 448 g/mol. The summed E-state index contributed by atoms with van der Waals surface area (Å²) in [5, 5.41) is 18.7. The standard InChI is InChI=1S/C26H36N6O/c1-3-4-10-22-27-26(15-5-6-16-26)25(33)32(22)17-19-11-13-20(14-12-19)21-9-7-8-18(2)23(21)24-28-30-31-29-24/h9,11-14,18,22-23,27H,3-8,10,15-17H2,1-2H3,(H,28,29,30,31). The number of rotatable bonds is 7. The molecule has 33 heavy (non-hydrogen) atoms. The molecule has 7 heteroatoms. The maximum absolute atomic E-state index is 13.5. The average Bonchev–Trinajstić information content (AvgIpc) is 3.57. The Balaban J connectivity index is 1.35. The lowest BCUT2D eigenvalue weighted by Gasteiger charge is -2.28. The fourth-order valence-corrected chi connectivity index (χ4v) is 6.11. The molecular weight excluding hydrogens is 412 g/mol. The third-order valence-corrected chi connectivity index (χ3v) is 7.95. The largest absolute Gasteiger partial charge is 0.321 e. The number of nitrogens with zero attached hydrogens (tertiary/aromatic N) is 4. The Hall–Kier alpha value is -2.54. The van der Waals surface area contributed by atoms with E-state index in [4.69, 9.17) is 0 Å². The van der Waals surface area contributed by atoms with Crippen molar-refractivity contribution >= 4 is 11.5 Å². The lowest BCUT2D eigenvalue weighted by molar-refractivity contribution is -0.133. The normalized spacial score (nSPS) is 26.8. The van der Waals surface area contributed by atoms with Gasteiger partial charge in [0.25, 0.3) is 0 Å². The number of aromatic amines is 1. The van der Waals surface area contributed by atoms with Crippen molar-refractivity contribution in [2.45, 2.75) is 95.8 Å². The van der Waals surface area contributed by atoms with Crippen molar-refractivity contribution in [2.75, 3.05) is 0 Å². The highest BCUT2D eigenvalue weighted by atomic mass is 16.2. The summed E-state index contributed by atoms with van der Waals surface area (Å²) in [6.07, 6.45) is 12.3. The number of amides is 1. The first-order valence-corrected chi connectivity index (χ1v) is 12.7. The second-order valence-corrected chi connectivity index (χ2v) is 10.2. The number of hydrogen-bond acceptors (Lipinski definition) is 5. The zero-order valence-electron chi connectivity index (χ0n) is 19.9. The van der Waals surface area contributed by atoms with Gasteiger partial charge in [-0.05, 0) is 54.7 Å². The quantitative estimate of drug-likeness (QED) is 0.648. The van der Waals surface area contributed by atoms with Crippen LogP contribution in [0.3, 0.4) is 0 Å². The number of hydrogen-bond donors (Lipinski definition) is 2. The summed E-state index contributed by atoms with van der Waals surface area (Å²) < 4.78 is 0. The number of carbonyl (C=O) groups excluding carboxylic acids is 1. The second kappa shape index (κ2) is 9.37. The zero-order chi connectivity index (χ0) is 22.8. The van der Waals surface area contributed by atoms with E-state index in [2.05, 4.69) is 75.0 Å². The van der Waals surface area contributed by atoms with Crippen LogP contribution in [-0.2, 0) is 11.3 Å². The van der Waals surface area contributed by atoms with Crippen LogP contribution in [0.4, 0.5) is 0 Å². The number of unbranched alkanes of at least 4 members (excludes halogenated alkanes) is 1. The van der Waals surface area contributed by atoms with Gasteiger partial charge in [0.1, 0.15) is 0 Å². The van der Waals surface area contributed by atoms with Crippen LogP contribution in [0.1, 0.15) is 94.5 Å². The molecule has 176 valence electrons. The highest BCUT2D eigenvalue weighted by Crippen LogP contribution is 2.42. The predicted molar refractivity (Wildman–Crippen MR) is 128 cm³/mol. The Morgan fingerprint density at radius 3 is 2.67 bits per heavy atom. The van der Waals surface area contributed by atoms with Gasteiger partial charge in [0.2, 0.25) is 5.91 Å². The van der Waals surface area contributed by atoms with E-state index in [0.29, 0.717) is 18.4 Å². The number of allylic oxidation sites excluding steroid dienone is 2. The van der Waals surface area contributed by atoms with Crippen molar-refractivity contribution in [3.63, 3.8) is 0 Å². The summed E-state index contributed by atoms with van der Waals surface area (Å²) in [4.78, 5) is 15.6. The summed E-state index contributed by atoms with van der Waals surface area (Å²) in [7, 11) is 0. The van der Waals surface area contributed by atoms with Crippen molar-refractivity contribution in [2.24, 2.45) is 5.92 Å². The fraction of sp³-hybridized carbons (Fsp3) is 0.615. The molecule has 1 saturated heterocycles. The minimum Gasteiger partial charge on any atom is -0.321 e. The van der Waals surface area contributed by atoms with Crippen LogP contribution in [0.15, 0.2) is 30.3 Å². The van der Waals surface area contributed by atoms with Crippen molar-refractivity contribution in [1.29, 1.82) is 0 Å². The van der Waals surface area contributed by atoms with Crippen molar-refractivity contribution < 1.29 is 4.79 Å².